The van der Waals surface area contributed by atoms with Crippen LogP contribution in [0.2, 0.25) is 0 Å². The van der Waals surface area contributed by atoms with E-state index in [2.05, 4.69) is 0 Å². The molecule has 0 radical (unpaired) electrons. The molecule has 0 spiro atoms. The maximum atomic E-state index is 12.5. The Hall–Kier alpha value is -1.30. The molecule has 0 saturated carbocycles. The molecule has 2 aliphatic heterocycles. The molecule has 0 bridgehead atoms. The highest BCUT2D eigenvalue weighted by Gasteiger charge is 2.39. The third kappa shape index (κ3) is 2.83. The summed E-state index contributed by atoms with van der Waals surface area (Å²) in [6.45, 7) is 3.29. The smallest absolute Gasteiger partial charge is 0.320 e. The first-order valence-electron chi connectivity index (χ1n) is 6.94. The van der Waals surface area contributed by atoms with Crippen LogP contribution in [-0.4, -0.2) is 63.8 Å². The molecule has 3 atom stereocenters. The minimum absolute atomic E-state index is 0.0128. The number of hydrogen-bond donors (Lipinski definition) is 2. The Kier molecular flexibility index (Phi) is 4.29. The zero-order chi connectivity index (χ0) is 14.0. The van der Waals surface area contributed by atoms with Gasteiger partial charge in [-0.25, -0.2) is 4.79 Å². The number of aliphatic hydroxyl groups excluding tert-OH is 1. The summed E-state index contributed by atoms with van der Waals surface area (Å²) in [6.07, 6.45) is 2.52. The molecule has 6 heteroatoms. The number of aliphatic hydroxyl groups is 1. The molecule has 19 heavy (non-hydrogen) atoms. The predicted octanol–water partition coefficient (Wildman–Crippen LogP) is 0.748. The molecular weight excluding hydrogens is 248 g/mol. The number of hydrogen-bond acceptors (Lipinski definition) is 3. The van der Waals surface area contributed by atoms with Crippen LogP contribution in [0.5, 0.6) is 0 Å². The van der Waals surface area contributed by atoms with E-state index in [9.17, 15) is 14.7 Å². The highest BCUT2D eigenvalue weighted by Crippen LogP contribution is 2.28. The maximum Gasteiger partial charge on any atom is 0.320 e. The highest BCUT2D eigenvalue weighted by atomic mass is 16.4. The molecule has 108 valence electrons. The molecule has 2 heterocycles. The molecule has 0 aromatic carbocycles. The van der Waals surface area contributed by atoms with E-state index in [1.54, 1.807) is 9.80 Å². The lowest BCUT2D eigenvalue weighted by Crippen LogP contribution is -2.49. The van der Waals surface area contributed by atoms with Crippen molar-refractivity contribution in [2.24, 2.45) is 5.92 Å². The maximum absolute atomic E-state index is 12.5. The van der Waals surface area contributed by atoms with Crippen LogP contribution in [0.4, 0.5) is 4.79 Å². The topological polar surface area (TPSA) is 81.1 Å². The number of amides is 2. The van der Waals surface area contributed by atoms with E-state index in [-0.39, 0.29) is 31.1 Å². The van der Waals surface area contributed by atoms with E-state index in [1.165, 1.54) is 0 Å². The number of carboxylic acid groups (broad SMARTS) is 1. The van der Waals surface area contributed by atoms with Gasteiger partial charge in [0.05, 0.1) is 19.1 Å². The summed E-state index contributed by atoms with van der Waals surface area (Å²) in [5.41, 5.74) is 0. The molecule has 6 nitrogen and oxygen atoms in total. The second-order valence-corrected chi connectivity index (χ2v) is 5.58. The van der Waals surface area contributed by atoms with E-state index in [0.717, 1.165) is 19.3 Å². The first-order valence-corrected chi connectivity index (χ1v) is 6.94. The molecule has 0 aliphatic carbocycles. The van der Waals surface area contributed by atoms with Gasteiger partial charge < -0.3 is 20.0 Å². The standard InChI is InChI=1S/C13H22N2O4/c1-9-4-6-15(11(9)8-16)13(19)14-5-2-3-10(14)7-12(17)18/h9-11,16H,2-8H2,1H3,(H,17,18). The lowest BCUT2D eigenvalue weighted by molar-refractivity contribution is -0.138. The Balaban J connectivity index is 2.04. The van der Waals surface area contributed by atoms with E-state index < -0.39 is 5.97 Å². The summed E-state index contributed by atoms with van der Waals surface area (Å²) in [7, 11) is 0. The van der Waals surface area contributed by atoms with E-state index >= 15 is 0 Å². The van der Waals surface area contributed by atoms with Gasteiger partial charge in [0.15, 0.2) is 0 Å². The molecule has 3 unspecified atom stereocenters. The number of carbonyl (C=O) groups excluding carboxylic acids is 1. The van der Waals surface area contributed by atoms with Crippen LogP contribution in [-0.2, 0) is 4.79 Å². The number of likely N-dealkylation sites (tertiary alicyclic amines) is 2. The second-order valence-electron chi connectivity index (χ2n) is 5.58. The lowest BCUT2D eigenvalue weighted by Gasteiger charge is -2.32. The van der Waals surface area contributed by atoms with Gasteiger partial charge in [0.1, 0.15) is 0 Å². The van der Waals surface area contributed by atoms with Gasteiger partial charge in [-0.2, -0.15) is 0 Å². The zero-order valence-electron chi connectivity index (χ0n) is 11.3. The van der Waals surface area contributed by atoms with Gasteiger partial charge in [-0.15, -0.1) is 0 Å². The molecule has 2 aliphatic rings. The average molecular weight is 270 g/mol. The lowest BCUT2D eigenvalue weighted by atomic mass is 10.0. The number of aliphatic carboxylic acids is 1. The minimum atomic E-state index is -0.863. The van der Waals surface area contributed by atoms with Crippen molar-refractivity contribution in [1.29, 1.82) is 0 Å². The van der Waals surface area contributed by atoms with Crippen molar-refractivity contribution in [3.63, 3.8) is 0 Å². The Morgan fingerprint density at radius 1 is 1.21 bits per heavy atom. The van der Waals surface area contributed by atoms with Crippen LogP contribution in [0.1, 0.15) is 32.6 Å². The molecule has 2 fully saturated rings. The van der Waals surface area contributed by atoms with E-state index in [4.69, 9.17) is 5.11 Å². The number of nitrogens with zero attached hydrogens (tertiary/aromatic N) is 2. The number of urea groups is 1. The van der Waals surface area contributed by atoms with Crippen molar-refractivity contribution in [1.82, 2.24) is 9.80 Å². The van der Waals surface area contributed by atoms with Crippen LogP contribution in [0.25, 0.3) is 0 Å². The third-order valence-electron chi connectivity index (χ3n) is 4.35. The SMILES string of the molecule is CC1CCN(C(=O)N2CCCC2CC(=O)O)C1CO. The van der Waals surface area contributed by atoms with Crippen LogP contribution in [0, 0.1) is 5.92 Å². The summed E-state index contributed by atoms with van der Waals surface area (Å²) < 4.78 is 0. The normalized spacial score (nSPS) is 30.9. The summed E-state index contributed by atoms with van der Waals surface area (Å²) >= 11 is 0. The molecule has 2 N–H and O–H groups in total. The van der Waals surface area contributed by atoms with Gasteiger partial charge in [0, 0.05) is 19.1 Å². The summed E-state index contributed by atoms with van der Waals surface area (Å²) in [6, 6.07) is -0.425. The first-order chi connectivity index (χ1) is 9.04. The molecular formula is C13H22N2O4. The van der Waals surface area contributed by atoms with Crippen molar-refractivity contribution in [2.75, 3.05) is 19.7 Å². The van der Waals surface area contributed by atoms with E-state index in [1.807, 2.05) is 6.92 Å². The second kappa shape index (κ2) is 5.77. The minimum Gasteiger partial charge on any atom is -0.481 e. The van der Waals surface area contributed by atoms with Crippen LogP contribution in [0.3, 0.4) is 0 Å². The van der Waals surface area contributed by atoms with Crippen molar-refractivity contribution >= 4 is 12.0 Å². The van der Waals surface area contributed by atoms with Gasteiger partial charge in [-0.1, -0.05) is 6.92 Å². The number of carboxylic acids is 1. The Morgan fingerprint density at radius 2 is 1.95 bits per heavy atom. The van der Waals surface area contributed by atoms with Gasteiger partial charge in [-0.3, -0.25) is 4.79 Å². The Bertz CT molecular complexity index is 361. The van der Waals surface area contributed by atoms with Crippen molar-refractivity contribution in [3.05, 3.63) is 0 Å². The third-order valence-corrected chi connectivity index (χ3v) is 4.35. The quantitative estimate of drug-likeness (QED) is 0.793. The summed E-state index contributed by atoms with van der Waals surface area (Å²) in [5.74, 6) is -0.562. The van der Waals surface area contributed by atoms with Crippen molar-refractivity contribution < 1.29 is 19.8 Å². The monoisotopic (exact) mass is 270 g/mol. The molecule has 2 amide bonds. The van der Waals surface area contributed by atoms with E-state index in [0.29, 0.717) is 19.0 Å². The molecule has 2 saturated heterocycles. The van der Waals surface area contributed by atoms with Gasteiger partial charge in [0.25, 0.3) is 0 Å². The fourth-order valence-electron chi connectivity index (χ4n) is 3.19. The summed E-state index contributed by atoms with van der Waals surface area (Å²) in [4.78, 5) is 26.7. The molecule has 0 aromatic rings. The van der Waals surface area contributed by atoms with Crippen molar-refractivity contribution in [2.45, 2.75) is 44.7 Å². The number of carbonyl (C=O) groups is 2. The predicted molar refractivity (Wildman–Crippen MR) is 68.7 cm³/mol. The van der Waals surface area contributed by atoms with Crippen molar-refractivity contribution in [3.8, 4) is 0 Å². The van der Waals surface area contributed by atoms with Gasteiger partial charge in [0.2, 0.25) is 0 Å². The fraction of sp³-hybridized carbons (Fsp3) is 0.846. The summed E-state index contributed by atoms with van der Waals surface area (Å²) in [5, 5.41) is 18.3. The Morgan fingerprint density at radius 3 is 2.58 bits per heavy atom. The van der Waals surface area contributed by atoms with Crippen LogP contribution in [0.15, 0.2) is 0 Å². The van der Waals surface area contributed by atoms with Crippen LogP contribution < -0.4 is 0 Å². The van der Waals surface area contributed by atoms with Crippen LogP contribution >= 0.6 is 0 Å². The first kappa shape index (κ1) is 14.1. The highest BCUT2D eigenvalue weighted by molar-refractivity contribution is 5.77. The molecule has 2 rings (SSSR count). The molecule has 0 aromatic heterocycles. The Labute approximate surface area is 113 Å². The number of rotatable bonds is 3. The average Bonchev–Trinajstić information content (AvgIpc) is 2.94. The zero-order valence-corrected chi connectivity index (χ0v) is 11.3. The van der Waals surface area contributed by atoms with Gasteiger partial charge >= 0.3 is 12.0 Å². The van der Waals surface area contributed by atoms with Gasteiger partial charge in [-0.05, 0) is 25.2 Å². The largest absolute Gasteiger partial charge is 0.481 e. The fourth-order valence-corrected chi connectivity index (χ4v) is 3.19.